The number of likely N-dealkylation sites (N-methyl/N-ethyl adjacent to an activating group) is 1. The maximum atomic E-state index is 4.60. The van der Waals surface area contributed by atoms with E-state index in [0.717, 1.165) is 12.4 Å². The topological polar surface area (TPSA) is 29.9 Å². The molecule has 2 heterocycles. The maximum absolute atomic E-state index is 4.60. The first-order valence-electron chi connectivity index (χ1n) is 7.70. The lowest BCUT2D eigenvalue weighted by Gasteiger charge is -2.28. The van der Waals surface area contributed by atoms with Crippen LogP contribution in [0.2, 0.25) is 0 Å². The number of nitrogens with one attached hydrogen (secondary N) is 1. The number of imidazole rings is 1. The molecule has 3 nitrogen and oxygen atoms in total. The first-order valence-corrected chi connectivity index (χ1v) is 8.58. The Morgan fingerprint density at radius 2 is 2.25 bits per heavy atom. The summed E-state index contributed by atoms with van der Waals surface area (Å²) in [4.78, 5) is 5.88. The van der Waals surface area contributed by atoms with E-state index >= 15 is 0 Å². The van der Waals surface area contributed by atoms with Gasteiger partial charge in [0.2, 0.25) is 0 Å². The molecule has 2 atom stereocenters. The third-order valence-corrected chi connectivity index (χ3v) is 5.08. The molecule has 2 unspecified atom stereocenters. The fourth-order valence-electron chi connectivity index (χ4n) is 3.30. The smallest absolute Gasteiger partial charge is 0.150 e. The maximum Gasteiger partial charge on any atom is 0.150 e. The molecule has 0 bridgehead atoms. The van der Waals surface area contributed by atoms with Gasteiger partial charge in [-0.2, -0.15) is 0 Å². The number of hydrogen-bond donors (Lipinski definition) is 1. The average molecular weight is 289 g/mol. The Bertz CT molecular complexity index is 518. The third-order valence-electron chi connectivity index (χ3n) is 4.21. The normalized spacial score (nSPS) is 23.6. The van der Waals surface area contributed by atoms with E-state index in [4.69, 9.17) is 0 Å². The van der Waals surface area contributed by atoms with Crippen LogP contribution in [0.1, 0.15) is 45.1 Å². The Morgan fingerprint density at radius 1 is 1.35 bits per heavy atom. The van der Waals surface area contributed by atoms with Crippen LogP contribution in [0.5, 0.6) is 0 Å². The SMILES string of the molecule is CCNC1CCCCCC1n1ccnc1-c1cccs1. The van der Waals surface area contributed by atoms with Crippen LogP contribution >= 0.6 is 11.3 Å². The van der Waals surface area contributed by atoms with E-state index in [1.54, 1.807) is 11.3 Å². The van der Waals surface area contributed by atoms with Crippen molar-refractivity contribution in [3.8, 4) is 10.7 Å². The molecule has 0 saturated heterocycles. The van der Waals surface area contributed by atoms with Crippen LogP contribution in [0.3, 0.4) is 0 Å². The zero-order valence-corrected chi connectivity index (χ0v) is 12.9. The van der Waals surface area contributed by atoms with E-state index in [-0.39, 0.29) is 0 Å². The van der Waals surface area contributed by atoms with Gasteiger partial charge < -0.3 is 9.88 Å². The Labute approximate surface area is 125 Å². The van der Waals surface area contributed by atoms with E-state index in [2.05, 4.69) is 45.5 Å². The van der Waals surface area contributed by atoms with E-state index in [1.807, 2.05) is 6.20 Å². The summed E-state index contributed by atoms with van der Waals surface area (Å²) in [6.07, 6.45) is 10.7. The van der Waals surface area contributed by atoms with Crippen molar-refractivity contribution in [2.75, 3.05) is 6.54 Å². The molecule has 1 fully saturated rings. The van der Waals surface area contributed by atoms with Crippen molar-refractivity contribution in [1.82, 2.24) is 14.9 Å². The molecule has 108 valence electrons. The van der Waals surface area contributed by atoms with Gasteiger partial charge in [-0.25, -0.2) is 4.98 Å². The van der Waals surface area contributed by atoms with Gasteiger partial charge in [0.25, 0.3) is 0 Å². The summed E-state index contributed by atoms with van der Waals surface area (Å²) in [6.45, 7) is 3.25. The Kier molecular flexibility index (Phi) is 4.53. The lowest BCUT2D eigenvalue weighted by Crippen LogP contribution is -2.36. The molecule has 3 rings (SSSR count). The van der Waals surface area contributed by atoms with Crippen molar-refractivity contribution in [2.45, 2.75) is 51.1 Å². The largest absolute Gasteiger partial charge is 0.326 e. The molecule has 0 radical (unpaired) electrons. The Morgan fingerprint density at radius 3 is 3.05 bits per heavy atom. The van der Waals surface area contributed by atoms with Crippen molar-refractivity contribution in [3.05, 3.63) is 29.9 Å². The molecule has 2 aromatic rings. The molecular weight excluding hydrogens is 266 g/mol. The minimum atomic E-state index is 0.539. The number of rotatable bonds is 4. The van der Waals surface area contributed by atoms with Crippen LogP contribution in [-0.2, 0) is 0 Å². The van der Waals surface area contributed by atoms with Crippen LogP contribution in [0, 0.1) is 0 Å². The van der Waals surface area contributed by atoms with Gasteiger partial charge in [-0.15, -0.1) is 11.3 Å². The van der Waals surface area contributed by atoms with E-state index in [1.165, 1.54) is 37.0 Å². The molecule has 1 aliphatic rings. The van der Waals surface area contributed by atoms with Crippen LogP contribution in [0.4, 0.5) is 0 Å². The Hall–Kier alpha value is -1.13. The summed E-state index contributed by atoms with van der Waals surface area (Å²) in [7, 11) is 0. The molecule has 1 aliphatic carbocycles. The minimum absolute atomic E-state index is 0.539. The number of nitrogens with zero attached hydrogens (tertiary/aromatic N) is 2. The van der Waals surface area contributed by atoms with Crippen molar-refractivity contribution in [3.63, 3.8) is 0 Å². The summed E-state index contributed by atoms with van der Waals surface area (Å²) in [5, 5.41) is 5.82. The molecule has 0 amide bonds. The highest BCUT2D eigenvalue weighted by atomic mass is 32.1. The Balaban J connectivity index is 1.91. The van der Waals surface area contributed by atoms with Crippen LogP contribution in [0.25, 0.3) is 10.7 Å². The first-order chi connectivity index (χ1) is 9.90. The van der Waals surface area contributed by atoms with Crippen LogP contribution < -0.4 is 5.32 Å². The van der Waals surface area contributed by atoms with Gasteiger partial charge in [0.15, 0.2) is 0 Å². The summed E-state index contributed by atoms with van der Waals surface area (Å²) in [6, 6.07) is 5.39. The molecule has 1 saturated carbocycles. The lowest BCUT2D eigenvalue weighted by molar-refractivity contribution is 0.338. The molecule has 20 heavy (non-hydrogen) atoms. The second kappa shape index (κ2) is 6.55. The predicted octanol–water partition coefficient (Wildman–Crippen LogP) is 4.09. The van der Waals surface area contributed by atoms with Gasteiger partial charge in [0, 0.05) is 18.4 Å². The van der Waals surface area contributed by atoms with Crippen LogP contribution in [0.15, 0.2) is 29.9 Å². The van der Waals surface area contributed by atoms with E-state index < -0.39 is 0 Å². The third kappa shape index (κ3) is 2.81. The summed E-state index contributed by atoms with van der Waals surface area (Å²) in [5.41, 5.74) is 0. The van der Waals surface area contributed by atoms with Crippen molar-refractivity contribution in [1.29, 1.82) is 0 Å². The molecule has 1 N–H and O–H groups in total. The van der Waals surface area contributed by atoms with Gasteiger partial charge in [-0.1, -0.05) is 32.3 Å². The van der Waals surface area contributed by atoms with Gasteiger partial charge in [-0.3, -0.25) is 0 Å². The second-order valence-electron chi connectivity index (χ2n) is 5.50. The average Bonchev–Trinajstić information content (AvgIpc) is 3.08. The minimum Gasteiger partial charge on any atom is -0.326 e. The zero-order chi connectivity index (χ0) is 13.8. The van der Waals surface area contributed by atoms with Gasteiger partial charge in [0.05, 0.1) is 10.9 Å². The second-order valence-corrected chi connectivity index (χ2v) is 6.45. The molecule has 2 aromatic heterocycles. The standard InChI is InChI=1S/C16H23N3S/c1-2-17-13-7-4-3-5-8-14(13)19-11-10-18-16(19)15-9-6-12-20-15/h6,9-14,17H,2-5,7-8H2,1H3. The highest BCUT2D eigenvalue weighted by molar-refractivity contribution is 7.13. The van der Waals surface area contributed by atoms with Crippen molar-refractivity contribution >= 4 is 11.3 Å². The molecule has 0 aliphatic heterocycles. The fourth-order valence-corrected chi connectivity index (χ4v) is 4.02. The summed E-state index contributed by atoms with van der Waals surface area (Å²) in [5.74, 6) is 1.13. The molecule has 4 heteroatoms. The first kappa shape index (κ1) is 13.8. The predicted molar refractivity (Wildman–Crippen MR) is 85.1 cm³/mol. The lowest BCUT2D eigenvalue weighted by atomic mass is 10.0. The van der Waals surface area contributed by atoms with Gasteiger partial charge in [0.1, 0.15) is 5.82 Å². The zero-order valence-electron chi connectivity index (χ0n) is 12.1. The highest BCUT2D eigenvalue weighted by Crippen LogP contribution is 2.32. The molecule has 0 spiro atoms. The van der Waals surface area contributed by atoms with Crippen molar-refractivity contribution < 1.29 is 0 Å². The quantitative estimate of drug-likeness (QED) is 0.859. The van der Waals surface area contributed by atoms with E-state index in [9.17, 15) is 0 Å². The van der Waals surface area contributed by atoms with Gasteiger partial charge in [-0.05, 0) is 30.8 Å². The summed E-state index contributed by atoms with van der Waals surface area (Å²) >= 11 is 1.77. The van der Waals surface area contributed by atoms with Crippen molar-refractivity contribution in [2.24, 2.45) is 0 Å². The summed E-state index contributed by atoms with van der Waals surface area (Å²) < 4.78 is 2.41. The molecule has 0 aromatic carbocycles. The highest BCUT2D eigenvalue weighted by Gasteiger charge is 2.26. The molecular formula is C16H23N3S. The number of hydrogen-bond acceptors (Lipinski definition) is 3. The number of thiophene rings is 1. The number of aromatic nitrogens is 2. The fraction of sp³-hybridized carbons (Fsp3) is 0.562. The van der Waals surface area contributed by atoms with E-state index in [0.29, 0.717) is 12.1 Å². The van der Waals surface area contributed by atoms with Gasteiger partial charge >= 0.3 is 0 Å². The van der Waals surface area contributed by atoms with Crippen LogP contribution in [-0.4, -0.2) is 22.1 Å². The monoisotopic (exact) mass is 289 g/mol.